The van der Waals surface area contributed by atoms with Crippen LogP contribution in [0.4, 0.5) is 5.82 Å². The van der Waals surface area contributed by atoms with E-state index in [1.807, 2.05) is 6.07 Å². The second-order valence-corrected chi connectivity index (χ2v) is 6.74. The van der Waals surface area contributed by atoms with Gasteiger partial charge in [-0.3, -0.25) is 0 Å². The van der Waals surface area contributed by atoms with Crippen LogP contribution >= 0.6 is 0 Å². The number of aryl methyl sites for hydroxylation is 1. The summed E-state index contributed by atoms with van der Waals surface area (Å²) in [5.41, 5.74) is 2.54. The molecule has 1 aliphatic heterocycles. The van der Waals surface area contributed by atoms with Gasteiger partial charge < -0.3 is 10.0 Å². The van der Waals surface area contributed by atoms with Crippen LogP contribution in [0.2, 0.25) is 0 Å². The Morgan fingerprint density at radius 3 is 2.75 bits per heavy atom. The van der Waals surface area contributed by atoms with Gasteiger partial charge in [-0.2, -0.15) is 0 Å². The van der Waals surface area contributed by atoms with Crippen molar-refractivity contribution in [2.45, 2.75) is 59.5 Å². The highest BCUT2D eigenvalue weighted by Crippen LogP contribution is 2.31. The van der Waals surface area contributed by atoms with Gasteiger partial charge >= 0.3 is 0 Å². The second kappa shape index (κ2) is 6.57. The third-order valence-electron chi connectivity index (χ3n) is 4.28. The zero-order chi connectivity index (χ0) is 14.6. The van der Waals surface area contributed by atoms with E-state index in [1.165, 1.54) is 19.3 Å². The minimum Gasteiger partial charge on any atom is -0.392 e. The molecule has 0 radical (unpaired) electrons. The number of pyridine rings is 1. The molecule has 20 heavy (non-hydrogen) atoms. The lowest BCUT2D eigenvalue weighted by Crippen LogP contribution is -2.26. The van der Waals surface area contributed by atoms with Crippen molar-refractivity contribution in [1.29, 1.82) is 0 Å². The molecule has 0 atom stereocenters. The molecule has 2 heterocycles. The third-order valence-corrected chi connectivity index (χ3v) is 4.28. The maximum Gasteiger partial charge on any atom is 0.129 e. The molecule has 1 saturated heterocycles. The van der Waals surface area contributed by atoms with E-state index < -0.39 is 0 Å². The Kier molecular flexibility index (Phi) is 5.03. The Morgan fingerprint density at radius 2 is 2.05 bits per heavy atom. The Morgan fingerprint density at radius 1 is 1.25 bits per heavy atom. The molecule has 0 aliphatic carbocycles. The van der Waals surface area contributed by atoms with Gasteiger partial charge in [-0.1, -0.05) is 27.2 Å². The first-order valence-electron chi connectivity index (χ1n) is 7.90. The van der Waals surface area contributed by atoms with Crippen molar-refractivity contribution in [3.63, 3.8) is 0 Å². The molecular weight excluding hydrogens is 248 g/mol. The minimum absolute atomic E-state index is 0.103. The van der Waals surface area contributed by atoms with E-state index >= 15 is 0 Å². The van der Waals surface area contributed by atoms with Crippen LogP contribution in [0.5, 0.6) is 0 Å². The van der Waals surface area contributed by atoms with Gasteiger partial charge in [0.1, 0.15) is 5.82 Å². The van der Waals surface area contributed by atoms with Gasteiger partial charge in [0.05, 0.1) is 6.61 Å². The maximum atomic E-state index is 9.45. The summed E-state index contributed by atoms with van der Waals surface area (Å²) in [4.78, 5) is 7.19. The average molecular weight is 276 g/mol. The van der Waals surface area contributed by atoms with Crippen LogP contribution in [0.25, 0.3) is 0 Å². The number of nitrogens with zero attached hydrogens (tertiary/aromatic N) is 2. The fourth-order valence-corrected chi connectivity index (χ4v) is 2.92. The first-order chi connectivity index (χ1) is 9.54. The number of hydrogen-bond acceptors (Lipinski definition) is 3. The molecule has 3 nitrogen and oxygen atoms in total. The quantitative estimate of drug-likeness (QED) is 0.913. The van der Waals surface area contributed by atoms with E-state index in [0.717, 1.165) is 43.0 Å². The predicted molar refractivity (Wildman–Crippen MR) is 84.0 cm³/mol. The SMILES string of the molecule is CCCc1cc(CO)cc(N2CCCC(C)(C)CC2)n1. The molecular formula is C17H28N2O. The van der Waals surface area contributed by atoms with E-state index in [1.54, 1.807) is 0 Å². The summed E-state index contributed by atoms with van der Waals surface area (Å²) >= 11 is 0. The molecule has 0 saturated carbocycles. The van der Waals surface area contributed by atoms with Crippen LogP contribution < -0.4 is 4.90 Å². The van der Waals surface area contributed by atoms with E-state index in [4.69, 9.17) is 4.98 Å². The smallest absolute Gasteiger partial charge is 0.129 e. The fourth-order valence-electron chi connectivity index (χ4n) is 2.92. The first-order valence-corrected chi connectivity index (χ1v) is 7.90. The van der Waals surface area contributed by atoms with Gasteiger partial charge in [0.2, 0.25) is 0 Å². The Hall–Kier alpha value is -1.09. The van der Waals surface area contributed by atoms with Crippen molar-refractivity contribution in [3.05, 3.63) is 23.4 Å². The van der Waals surface area contributed by atoms with E-state index in [-0.39, 0.29) is 6.61 Å². The van der Waals surface area contributed by atoms with Crippen LogP contribution in [-0.2, 0) is 13.0 Å². The molecule has 0 amide bonds. The number of hydrogen-bond donors (Lipinski definition) is 1. The summed E-state index contributed by atoms with van der Waals surface area (Å²) in [6.07, 6.45) is 5.79. The van der Waals surface area contributed by atoms with Gasteiger partial charge in [0, 0.05) is 18.8 Å². The van der Waals surface area contributed by atoms with Crippen molar-refractivity contribution < 1.29 is 5.11 Å². The molecule has 1 aromatic heterocycles. The standard InChI is InChI=1S/C17H28N2O/c1-4-6-15-11-14(13-20)12-16(18-15)19-9-5-7-17(2,3)8-10-19/h11-12,20H,4-10,13H2,1-3H3. The summed E-state index contributed by atoms with van der Waals surface area (Å²) in [7, 11) is 0. The van der Waals surface area contributed by atoms with Gasteiger partial charge in [0.25, 0.3) is 0 Å². The summed E-state index contributed by atoms with van der Waals surface area (Å²) < 4.78 is 0. The molecule has 1 aromatic rings. The van der Waals surface area contributed by atoms with Crippen LogP contribution in [0, 0.1) is 5.41 Å². The van der Waals surface area contributed by atoms with Gasteiger partial charge in [0.15, 0.2) is 0 Å². The molecule has 1 N–H and O–H groups in total. The minimum atomic E-state index is 0.103. The van der Waals surface area contributed by atoms with Gasteiger partial charge in [-0.05, 0) is 48.8 Å². The summed E-state index contributed by atoms with van der Waals surface area (Å²) in [6, 6.07) is 4.09. The summed E-state index contributed by atoms with van der Waals surface area (Å²) in [5.74, 6) is 1.05. The van der Waals surface area contributed by atoms with Crippen molar-refractivity contribution in [2.75, 3.05) is 18.0 Å². The number of aliphatic hydroxyl groups excluding tert-OH is 1. The maximum absolute atomic E-state index is 9.45. The highest BCUT2D eigenvalue weighted by Gasteiger charge is 2.23. The lowest BCUT2D eigenvalue weighted by Gasteiger charge is -2.25. The highest BCUT2D eigenvalue weighted by atomic mass is 16.3. The molecule has 2 rings (SSSR count). The van der Waals surface area contributed by atoms with Gasteiger partial charge in [-0.25, -0.2) is 4.98 Å². The number of aliphatic hydroxyl groups is 1. The van der Waals surface area contributed by atoms with Crippen molar-refractivity contribution in [1.82, 2.24) is 4.98 Å². The number of rotatable bonds is 4. The lowest BCUT2D eigenvalue weighted by atomic mass is 9.85. The van der Waals surface area contributed by atoms with Crippen LogP contribution in [0.3, 0.4) is 0 Å². The Labute approximate surface area is 123 Å². The van der Waals surface area contributed by atoms with Crippen molar-refractivity contribution >= 4 is 5.82 Å². The molecule has 1 fully saturated rings. The molecule has 3 heteroatoms. The Balaban J connectivity index is 2.20. The lowest BCUT2D eigenvalue weighted by molar-refractivity contribution is 0.281. The Bertz CT molecular complexity index is 443. The molecule has 112 valence electrons. The highest BCUT2D eigenvalue weighted by molar-refractivity contribution is 5.43. The van der Waals surface area contributed by atoms with Gasteiger partial charge in [-0.15, -0.1) is 0 Å². The normalized spacial score (nSPS) is 18.9. The summed E-state index contributed by atoms with van der Waals surface area (Å²) in [5, 5.41) is 9.45. The zero-order valence-corrected chi connectivity index (χ0v) is 13.2. The van der Waals surface area contributed by atoms with Crippen LogP contribution in [0.1, 0.15) is 57.7 Å². The molecule has 1 aliphatic rings. The number of anilines is 1. The fraction of sp³-hybridized carbons (Fsp3) is 0.706. The number of aromatic nitrogens is 1. The average Bonchev–Trinajstić information content (AvgIpc) is 2.59. The van der Waals surface area contributed by atoms with E-state index in [0.29, 0.717) is 5.41 Å². The van der Waals surface area contributed by atoms with Crippen molar-refractivity contribution in [3.8, 4) is 0 Å². The zero-order valence-electron chi connectivity index (χ0n) is 13.2. The molecule has 0 spiro atoms. The monoisotopic (exact) mass is 276 g/mol. The third kappa shape index (κ3) is 3.95. The van der Waals surface area contributed by atoms with Crippen LogP contribution in [-0.4, -0.2) is 23.2 Å². The van der Waals surface area contributed by atoms with Crippen LogP contribution in [0.15, 0.2) is 12.1 Å². The topological polar surface area (TPSA) is 36.4 Å². The van der Waals surface area contributed by atoms with E-state index in [2.05, 4.69) is 31.7 Å². The van der Waals surface area contributed by atoms with E-state index in [9.17, 15) is 5.11 Å². The van der Waals surface area contributed by atoms with Crippen molar-refractivity contribution in [2.24, 2.45) is 5.41 Å². The molecule has 0 aromatic carbocycles. The molecule has 0 unspecified atom stereocenters. The predicted octanol–water partition coefficient (Wildman–Crippen LogP) is 3.54. The molecule has 0 bridgehead atoms. The summed E-state index contributed by atoms with van der Waals surface area (Å²) in [6.45, 7) is 9.14. The second-order valence-electron chi connectivity index (χ2n) is 6.74. The largest absolute Gasteiger partial charge is 0.392 e. The first kappa shape index (κ1) is 15.3.